The normalized spacial score (nSPS) is 13.6. The van der Waals surface area contributed by atoms with Crippen LogP contribution >= 0.6 is 18.2 Å². The molecular formula is C14H14ClO3P. The monoisotopic (exact) mass is 296 g/mol. The van der Waals surface area contributed by atoms with E-state index < -0.39 is 6.95 Å². The molecule has 0 fully saturated rings. The Kier molecular flexibility index (Phi) is 4.18. The third-order valence-electron chi connectivity index (χ3n) is 2.44. The van der Waals surface area contributed by atoms with E-state index in [2.05, 4.69) is 0 Å². The Morgan fingerprint density at radius 2 is 1.53 bits per heavy atom. The van der Waals surface area contributed by atoms with E-state index in [0.717, 1.165) is 11.1 Å². The van der Waals surface area contributed by atoms with Gasteiger partial charge in [0, 0.05) is 11.2 Å². The van der Waals surface area contributed by atoms with E-state index in [-0.39, 0.29) is 0 Å². The summed E-state index contributed by atoms with van der Waals surface area (Å²) in [5.41, 5.74) is 2.07. The summed E-state index contributed by atoms with van der Waals surface area (Å²) in [6, 6.07) is 14.2. The Labute approximate surface area is 117 Å². The highest BCUT2D eigenvalue weighted by Gasteiger charge is 2.24. The topological polar surface area (TPSA) is 35.5 Å². The molecule has 0 aromatic heterocycles. The van der Waals surface area contributed by atoms with Gasteiger partial charge in [-0.15, -0.1) is 0 Å². The lowest BCUT2D eigenvalue weighted by Gasteiger charge is -2.14. The second kappa shape index (κ2) is 5.68. The Morgan fingerprint density at radius 3 is 2.16 bits per heavy atom. The lowest BCUT2D eigenvalue weighted by molar-refractivity contribution is 0.406. The van der Waals surface area contributed by atoms with Crippen molar-refractivity contribution in [2.75, 3.05) is 0 Å². The van der Waals surface area contributed by atoms with E-state index in [1.165, 1.54) is 0 Å². The first kappa shape index (κ1) is 14.0. The van der Waals surface area contributed by atoms with Crippen LogP contribution in [-0.2, 0) is 4.57 Å². The van der Waals surface area contributed by atoms with E-state index in [1.807, 2.05) is 32.0 Å². The zero-order valence-electron chi connectivity index (χ0n) is 10.7. The maximum absolute atomic E-state index is 12.1. The molecule has 0 amide bonds. The second-order valence-corrected chi connectivity index (χ2v) is 6.71. The smallest absolute Gasteiger partial charge is 0.405 e. The van der Waals surface area contributed by atoms with Crippen LogP contribution in [-0.4, -0.2) is 0 Å². The van der Waals surface area contributed by atoms with Crippen LogP contribution in [0.2, 0.25) is 0 Å². The third-order valence-corrected chi connectivity index (χ3v) is 3.71. The predicted molar refractivity (Wildman–Crippen MR) is 77.1 cm³/mol. The molecule has 5 heteroatoms. The van der Waals surface area contributed by atoms with Gasteiger partial charge in [-0.05, 0) is 43.7 Å². The highest BCUT2D eigenvalue weighted by Crippen LogP contribution is 2.53. The van der Waals surface area contributed by atoms with Crippen molar-refractivity contribution in [1.82, 2.24) is 0 Å². The predicted octanol–water partition coefficient (Wildman–Crippen LogP) is 5.11. The van der Waals surface area contributed by atoms with Gasteiger partial charge in [-0.1, -0.05) is 29.8 Å². The average molecular weight is 297 g/mol. The standard InChI is InChI=1S/C14H14ClO3P/c1-11-6-8-13(9-7-11)17-19(15,16)18-14-5-3-4-12(2)10-14/h3-10H,1-2H3. The fraction of sp³-hybridized carbons (Fsp3) is 0.143. The minimum absolute atomic E-state index is 0.414. The van der Waals surface area contributed by atoms with E-state index >= 15 is 0 Å². The Bertz CT molecular complexity index is 610. The van der Waals surface area contributed by atoms with Crippen LogP contribution in [0, 0.1) is 13.8 Å². The third kappa shape index (κ3) is 4.30. The van der Waals surface area contributed by atoms with Gasteiger partial charge in [-0.2, -0.15) is 0 Å². The van der Waals surface area contributed by atoms with Crippen molar-refractivity contribution >= 4 is 18.2 Å². The zero-order chi connectivity index (χ0) is 13.9. The van der Waals surface area contributed by atoms with Crippen molar-refractivity contribution in [3.05, 3.63) is 59.7 Å². The summed E-state index contributed by atoms with van der Waals surface area (Å²) in [5, 5.41) is 0. The molecule has 0 spiro atoms. The van der Waals surface area contributed by atoms with Crippen molar-refractivity contribution in [2.45, 2.75) is 13.8 Å². The van der Waals surface area contributed by atoms with Gasteiger partial charge in [0.15, 0.2) is 0 Å². The maximum Gasteiger partial charge on any atom is 0.530 e. The van der Waals surface area contributed by atoms with Gasteiger partial charge in [0.25, 0.3) is 0 Å². The number of hydrogen-bond donors (Lipinski definition) is 0. The number of hydrogen-bond acceptors (Lipinski definition) is 3. The number of halogens is 1. The molecule has 0 saturated carbocycles. The van der Waals surface area contributed by atoms with E-state index in [4.69, 9.17) is 20.3 Å². The van der Waals surface area contributed by atoms with Gasteiger partial charge in [0.2, 0.25) is 0 Å². The summed E-state index contributed by atoms with van der Waals surface area (Å²) < 4.78 is 22.5. The van der Waals surface area contributed by atoms with E-state index in [9.17, 15) is 4.57 Å². The summed E-state index contributed by atoms with van der Waals surface area (Å²) >= 11 is 5.81. The summed E-state index contributed by atoms with van der Waals surface area (Å²) in [7, 11) is 0. The first-order valence-corrected chi connectivity index (χ1v) is 8.22. The fourth-order valence-corrected chi connectivity index (χ4v) is 2.80. The highest BCUT2D eigenvalue weighted by molar-refractivity contribution is 7.82. The molecule has 0 N–H and O–H groups in total. The first-order chi connectivity index (χ1) is 8.94. The molecule has 1 unspecified atom stereocenters. The van der Waals surface area contributed by atoms with Crippen molar-refractivity contribution in [1.29, 1.82) is 0 Å². The quantitative estimate of drug-likeness (QED) is 0.736. The van der Waals surface area contributed by atoms with Crippen LogP contribution in [0.15, 0.2) is 48.5 Å². The molecule has 0 saturated heterocycles. The fourth-order valence-electron chi connectivity index (χ4n) is 1.54. The SMILES string of the molecule is Cc1ccc(OP(=O)(Cl)Oc2cccc(C)c2)cc1. The molecule has 0 radical (unpaired) electrons. The molecule has 0 aliphatic rings. The molecule has 2 rings (SSSR count). The summed E-state index contributed by atoms with van der Waals surface area (Å²) in [4.78, 5) is 0. The zero-order valence-corrected chi connectivity index (χ0v) is 12.3. The summed E-state index contributed by atoms with van der Waals surface area (Å²) in [5.74, 6) is 0.835. The van der Waals surface area contributed by atoms with Crippen LogP contribution in [0.1, 0.15) is 11.1 Å². The highest BCUT2D eigenvalue weighted by atomic mass is 35.7. The molecule has 2 aromatic rings. The van der Waals surface area contributed by atoms with Gasteiger partial charge in [0.1, 0.15) is 11.5 Å². The van der Waals surface area contributed by atoms with Gasteiger partial charge in [-0.25, -0.2) is 4.57 Å². The molecule has 0 heterocycles. The van der Waals surface area contributed by atoms with Crippen molar-refractivity contribution in [2.24, 2.45) is 0 Å². The van der Waals surface area contributed by atoms with Crippen molar-refractivity contribution < 1.29 is 13.6 Å². The van der Waals surface area contributed by atoms with Crippen molar-refractivity contribution in [3.63, 3.8) is 0 Å². The number of rotatable bonds is 4. The summed E-state index contributed by atoms with van der Waals surface area (Å²) in [6.07, 6.45) is 0. The van der Waals surface area contributed by atoms with Crippen molar-refractivity contribution in [3.8, 4) is 11.5 Å². The van der Waals surface area contributed by atoms with Gasteiger partial charge >= 0.3 is 6.95 Å². The average Bonchev–Trinajstić information content (AvgIpc) is 2.31. The van der Waals surface area contributed by atoms with Gasteiger partial charge in [0.05, 0.1) is 0 Å². The largest absolute Gasteiger partial charge is 0.530 e. The molecule has 0 aliphatic carbocycles. The Hall–Kier alpha value is -1.44. The molecule has 0 bridgehead atoms. The lowest BCUT2D eigenvalue weighted by atomic mass is 10.2. The second-order valence-electron chi connectivity index (χ2n) is 4.24. The van der Waals surface area contributed by atoms with Crippen LogP contribution in [0.3, 0.4) is 0 Å². The Balaban J connectivity index is 2.10. The molecule has 1 atom stereocenters. The van der Waals surface area contributed by atoms with Crippen LogP contribution < -0.4 is 9.05 Å². The van der Waals surface area contributed by atoms with E-state index in [0.29, 0.717) is 11.5 Å². The molecule has 3 nitrogen and oxygen atoms in total. The lowest BCUT2D eigenvalue weighted by Crippen LogP contribution is -1.95. The van der Waals surface area contributed by atoms with E-state index in [1.54, 1.807) is 30.3 Å². The number of benzene rings is 2. The molecule has 19 heavy (non-hydrogen) atoms. The minimum atomic E-state index is -3.70. The minimum Gasteiger partial charge on any atom is -0.405 e. The Morgan fingerprint density at radius 1 is 0.895 bits per heavy atom. The maximum atomic E-state index is 12.1. The van der Waals surface area contributed by atoms with Crippen LogP contribution in [0.25, 0.3) is 0 Å². The first-order valence-electron chi connectivity index (χ1n) is 5.77. The molecule has 100 valence electrons. The van der Waals surface area contributed by atoms with Crippen LogP contribution in [0.5, 0.6) is 11.5 Å². The summed E-state index contributed by atoms with van der Waals surface area (Å²) in [6.45, 7) is 0.162. The van der Waals surface area contributed by atoms with Gasteiger partial charge < -0.3 is 9.05 Å². The number of aryl methyl sites for hydroxylation is 2. The molecule has 0 aliphatic heterocycles. The molecular weight excluding hydrogens is 283 g/mol. The van der Waals surface area contributed by atoms with Gasteiger partial charge in [-0.3, -0.25) is 0 Å². The van der Waals surface area contributed by atoms with Crippen LogP contribution in [0.4, 0.5) is 0 Å². The molecule has 2 aromatic carbocycles.